The van der Waals surface area contributed by atoms with E-state index in [4.69, 9.17) is 32.0 Å². The number of aromatic amines is 2. The molecule has 6 heterocycles. The van der Waals surface area contributed by atoms with Crippen molar-refractivity contribution < 1.29 is 8.83 Å². The summed E-state index contributed by atoms with van der Waals surface area (Å²) in [6, 6.07) is 32.6. The lowest BCUT2D eigenvalue weighted by Crippen LogP contribution is -2.00. The largest absolute Gasteiger partial charge is 0.443 e. The number of nitrogens with zero attached hydrogens (tertiary/aromatic N) is 8. The first-order valence-electron chi connectivity index (χ1n) is 21.3. The van der Waals surface area contributed by atoms with Crippen molar-refractivity contribution in [3.8, 4) is 23.2 Å². The number of H-pyrrole nitrogens is 2. The van der Waals surface area contributed by atoms with E-state index in [1.54, 1.807) is 24.9 Å². The molecule has 0 bridgehead atoms. The van der Waals surface area contributed by atoms with Crippen molar-refractivity contribution in [2.24, 2.45) is 0 Å². The Morgan fingerprint density at radius 2 is 1.05 bits per heavy atom. The smallest absolute Gasteiger partial charge is 0.243 e. The van der Waals surface area contributed by atoms with Crippen molar-refractivity contribution in [1.82, 2.24) is 49.9 Å². The van der Waals surface area contributed by atoms with E-state index in [0.29, 0.717) is 34.9 Å². The number of halogens is 2. The maximum atomic E-state index is 6.07. The molecule has 14 nitrogen and oxygen atoms in total. The second kappa shape index (κ2) is 20.4. The van der Waals surface area contributed by atoms with E-state index < -0.39 is 0 Å². The van der Waals surface area contributed by atoms with Gasteiger partial charge in [-0.05, 0) is 116 Å². The number of unbranched alkanes of at least 4 members (excludes halogenated alkanes) is 2. The zero-order valence-corrected chi connectivity index (χ0v) is 36.4. The first kappa shape index (κ1) is 42.2. The van der Waals surface area contributed by atoms with E-state index in [-0.39, 0.29) is 0 Å². The minimum atomic E-state index is 0.565. The van der Waals surface area contributed by atoms with Crippen LogP contribution in [0.25, 0.3) is 45.0 Å². The number of hydrogen-bond acceptors (Lipinski definition) is 10. The molecule has 0 unspecified atom stereocenters. The van der Waals surface area contributed by atoms with Gasteiger partial charge in [-0.2, -0.15) is 0 Å². The Balaban J connectivity index is 0.000000162. The van der Waals surface area contributed by atoms with Gasteiger partial charge in [0.25, 0.3) is 0 Å². The lowest BCUT2D eigenvalue weighted by Gasteiger charge is -2.06. The van der Waals surface area contributed by atoms with Gasteiger partial charge in [0.05, 0.1) is 36.9 Å². The van der Waals surface area contributed by atoms with Gasteiger partial charge in [0, 0.05) is 68.7 Å². The molecule has 6 aromatic heterocycles. The van der Waals surface area contributed by atoms with E-state index in [2.05, 4.69) is 99.7 Å². The van der Waals surface area contributed by atoms with Gasteiger partial charge < -0.3 is 29.4 Å². The van der Waals surface area contributed by atoms with E-state index in [1.807, 2.05) is 70.3 Å². The van der Waals surface area contributed by atoms with Crippen LogP contribution in [0.2, 0.25) is 10.0 Å². The van der Waals surface area contributed by atoms with Crippen molar-refractivity contribution in [3.05, 3.63) is 167 Å². The number of rotatable bonds is 18. The van der Waals surface area contributed by atoms with Crippen molar-refractivity contribution in [2.75, 3.05) is 10.6 Å². The van der Waals surface area contributed by atoms with Crippen LogP contribution < -0.4 is 10.6 Å². The van der Waals surface area contributed by atoms with Gasteiger partial charge in [-0.15, -0.1) is 10.2 Å². The molecule has 4 aromatic carbocycles. The van der Waals surface area contributed by atoms with E-state index in [9.17, 15) is 0 Å². The number of oxazole rings is 2. The monoisotopic (exact) mass is 892 g/mol. The van der Waals surface area contributed by atoms with Crippen LogP contribution in [0.15, 0.2) is 143 Å². The zero-order valence-electron chi connectivity index (χ0n) is 34.9. The Bertz CT molecular complexity index is 2780. The van der Waals surface area contributed by atoms with Crippen molar-refractivity contribution >= 4 is 56.4 Å². The molecule has 0 saturated carbocycles. The molecule has 0 aliphatic rings. The molecule has 64 heavy (non-hydrogen) atoms. The van der Waals surface area contributed by atoms with E-state index >= 15 is 0 Å². The molecule has 0 fully saturated rings. The normalized spacial score (nSPS) is 11.3. The van der Waals surface area contributed by atoms with Crippen LogP contribution in [0, 0.1) is 0 Å². The van der Waals surface area contributed by atoms with Crippen LogP contribution in [0.3, 0.4) is 0 Å². The highest BCUT2D eigenvalue weighted by Crippen LogP contribution is 2.28. The lowest BCUT2D eigenvalue weighted by molar-refractivity contribution is 0.541. The number of benzene rings is 4. The summed E-state index contributed by atoms with van der Waals surface area (Å²) in [5.41, 5.74) is 10.1. The Morgan fingerprint density at radius 1 is 0.531 bits per heavy atom. The molecular formula is C48H46Cl2N12O2. The summed E-state index contributed by atoms with van der Waals surface area (Å²) < 4.78 is 15.1. The average Bonchev–Trinajstić information content (AvgIpc) is 4.17. The Morgan fingerprint density at radius 3 is 1.59 bits per heavy atom. The molecule has 0 aliphatic carbocycles. The maximum absolute atomic E-state index is 6.07. The molecule has 0 atom stereocenters. The summed E-state index contributed by atoms with van der Waals surface area (Å²) in [4.78, 5) is 15.8. The fraction of sp³-hybridized carbons (Fsp3) is 0.208. The highest BCUT2D eigenvalue weighted by Gasteiger charge is 2.12. The topological polar surface area (TPSA) is 169 Å². The van der Waals surface area contributed by atoms with Gasteiger partial charge >= 0.3 is 0 Å². The fourth-order valence-electron chi connectivity index (χ4n) is 7.33. The molecular weight excluding hydrogens is 848 g/mol. The van der Waals surface area contributed by atoms with Crippen LogP contribution in [0.1, 0.15) is 48.2 Å². The molecule has 324 valence electrons. The fourth-order valence-corrected chi connectivity index (χ4v) is 7.68. The van der Waals surface area contributed by atoms with Gasteiger partial charge in [-0.25, -0.2) is 9.97 Å². The number of hydrogen-bond donors (Lipinski definition) is 4. The highest BCUT2D eigenvalue weighted by molar-refractivity contribution is 6.31. The van der Waals surface area contributed by atoms with Gasteiger partial charge in [0.2, 0.25) is 11.8 Å². The van der Waals surface area contributed by atoms with Gasteiger partial charge in [-0.3, -0.25) is 9.36 Å². The molecule has 4 N–H and O–H groups in total. The average molecular weight is 894 g/mol. The van der Waals surface area contributed by atoms with Crippen LogP contribution in [-0.2, 0) is 39.0 Å². The molecule has 10 rings (SSSR count). The number of fused-ring (bicyclic) bond motifs is 2. The van der Waals surface area contributed by atoms with E-state index in [1.165, 1.54) is 11.1 Å². The second-order valence-electron chi connectivity index (χ2n) is 15.5. The highest BCUT2D eigenvalue weighted by atomic mass is 35.5. The maximum Gasteiger partial charge on any atom is 0.243 e. The van der Waals surface area contributed by atoms with Gasteiger partial charge in [0.15, 0.2) is 0 Å². The summed E-state index contributed by atoms with van der Waals surface area (Å²) >= 11 is 12.1. The van der Waals surface area contributed by atoms with Crippen LogP contribution >= 0.6 is 23.2 Å². The Labute approximate surface area is 379 Å². The summed E-state index contributed by atoms with van der Waals surface area (Å²) in [5.74, 6) is 1.13. The second-order valence-corrected chi connectivity index (χ2v) is 16.3. The van der Waals surface area contributed by atoms with E-state index in [0.717, 1.165) is 108 Å². The number of aromatic nitrogens is 10. The number of aryl methyl sites for hydroxylation is 4. The zero-order chi connectivity index (χ0) is 43.5. The summed E-state index contributed by atoms with van der Waals surface area (Å²) in [7, 11) is 0. The third-order valence-electron chi connectivity index (χ3n) is 10.7. The number of nitrogens with one attached hydrogen (secondary N) is 4. The van der Waals surface area contributed by atoms with Crippen molar-refractivity contribution in [1.29, 1.82) is 0 Å². The third-order valence-corrected chi connectivity index (χ3v) is 11.2. The summed E-state index contributed by atoms with van der Waals surface area (Å²) in [6.45, 7) is 3.00. The predicted molar refractivity (Wildman–Crippen MR) is 251 cm³/mol. The van der Waals surface area contributed by atoms with Gasteiger partial charge in [-0.1, -0.05) is 64.0 Å². The SMILES string of the molecule is Clc1ccc2[nH]c(-c3nc(CNc4ccc(CCCCn5ccnn5)cc4)co3)cc2c1.Clc1ccc2cc(-c3nc(CNc4ccc(CCCCn5ccnn5)cc4)co3)[nH]c2c1. The molecule has 0 aliphatic heterocycles. The molecule has 16 heteroatoms. The minimum Gasteiger partial charge on any atom is -0.443 e. The third kappa shape index (κ3) is 11.3. The molecule has 0 saturated heterocycles. The van der Waals surface area contributed by atoms with Crippen LogP contribution in [0.5, 0.6) is 0 Å². The first-order valence-corrected chi connectivity index (χ1v) is 22.0. The van der Waals surface area contributed by atoms with Crippen LogP contribution in [-0.4, -0.2) is 49.9 Å². The predicted octanol–water partition coefficient (Wildman–Crippen LogP) is 11.4. The summed E-state index contributed by atoms with van der Waals surface area (Å²) in [6.07, 6.45) is 17.1. The molecule has 0 amide bonds. The first-order chi connectivity index (χ1) is 31.5. The Kier molecular flexibility index (Phi) is 13.4. The molecule has 10 aromatic rings. The Hall–Kier alpha value is -7.16. The van der Waals surface area contributed by atoms with Crippen molar-refractivity contribution in [3.63, 3.8) is 0 Å². The molecule has 0 radical (unpaired) electrons. The van der Waals surface area contributed by atoms with Crippen molar-refractivity contribution in [2.45, 2.75) is 64.7 Å². The summed E-state index contributed by atoms with van der Waals surface area (Å²) in [5, 5.41) is 25.9. The quantitative estimate of drug-likeness (QED) is 0.0608. The number of anilines is 2. The minimum absolute atomic E-state index is 0.565. The van der Waals surface area contributed by atoms with Gasteiger partial charge in [0.1, 0.15) is 23.9 Å². The molecule has 0 spiro atoms. The van der Waals surface area contributed by atoms with Crippen LogP contribution in [0.4, 0.5) is 11.4 Å². The lowest BCUT2D eigenvalue weighted by atomic mass is 10.1. The standard InChI is InChI=1S/2C24H23ClN6O/c25-19-7-6-18-13-23(29-22(18)14-19)24-28-21(16-32-24)15-26-20-8-4-17(5-9-20)3-1-2-11-31-12-10-27-30-31;25-19-6-9-22-18(13-19)14-23(29-22)24-28-21(16-32-24)15-26-20-7-4-17(5-8-20)3-1-2-11-31-12-10-27-30-31/h2*4-10,12-14,16,26,29H,1-3,11,15H2.